The minimum absolute atomic E-state index is 0.0640. The highest BCUT2D eigenvalue weighted by atomic mass is 16.5. The molecule has 2 aromatic heterocycles. The van der Waals surface area contributed by atoms with Gasteiger partial charge in [-0.15, -0.1) is 0 Å². The molecule has 1 atom stereocenters. The predicted molar refractivity (Wildman–Crippen MR) is 101 cm³/mol. The summed E-state index contributed by atoms with van der Waals surface area (Å²) in [6.45, 7) is 2.01. The number of nitrogens with one attached hydrogen (secondary N) is 3. The number of furan rings is 1. The molecule has 0 saturated heterocycles. The largest absolute Gasteiger partial charge is 0.486 e. The van der Waals surface area contributed by atoms with Crippen molar-refractivity contribution in [3.8, 4) is 5.75 Å². The number of ether oxygens (including phenoxy) is 1. The number of rotatable bonds is 6. The highest BCUT2D eigenvalue weighted by Crippen LogP contribution is 2.14. The third kappa shape index (κ3) is 5.34. The topological polar surface area (TPSA) is 105 Å². The van der Waals surface area contributed by atoms with E-state index in [9.17, 15) is 9.59 Å². The molecule has 0 radical (unpaired) electrons. The number of amides is 3. The lowest BCUT2D eigenvalue weighted by atomic mass is 10.1. The summed E-state index contributed by atoms with van der Waals surface area (Å²) in [5.74, 6) is 0.683. The molecule has 28 heavy (non-hydrogen) atoms. The first kappa shape index (κ1) is 19.0. The number of aromatic nitrogens is 1. The zero-order valence-electron chi connectivity index (χ0n) is 15.2. The van der Waals surface area contributed by atoms with E-state index in [0.29, 0.717) is 11.5 Å². The van der Waals surface area contributed by atoms with Crippen LogP contribution >= 0.6 is 0 Å². The molecule has 2 heterocycles. The molecule has 0 saturated carbocycles. The fraction of sp³-hybridized carbons (Fsp3) is 0.150. The van der Waals surface area contributed by atoms with Crippen LogP contribution in [-0.4, -0.2) is 16.9 Å². The van der Waals surface area contributed by atoms with E-state index in [-0.39, 0.29) is 18.4 Å². The molecule has 3 rings (SSSR count). The van der Waals surface area contributed by atoms with Crippen LogP contribution in [0.15, 0.2) is 71.4 Å². The van der Waals surface area contributed by atoms with Crippen molar-refractivity contribution in [2.45, 2.75) is 19.6 Å². The third-order valence-electron chi connectivity index (χ3n) is 3.85. The van der Waals surface area contributed by atoms with Gasteiger partial charge in [0.2, 0.25) is 0 Å². The number of pyridine rings is 1. The number of carbonyl (C=O) groups is 2. The maximum Gasteiger partial charge on any atom is 0.333 e. The average molecular weight is 380 g/mol. The van der Waals surface area contributed by atoms with Crippen LogP contribution in [0, 0.1) is 0 Å². The monoisotopic (exact) mass is 380 g/mol. The normalized spacial score (nSPS) is 11.3. The number of carbonyl (C=O) groups excluding carboxylic acids is 2. The maximum absolute atomic E-state index is 12.1. The van der Waals surface area contributed by atoms with Gasteiger partial charge in [0.25, 0.3) is 0 Å². The molecule has 3 amide bonds. The van der Waals surface area contributed by atoms with E-state index in [1.54, 1.807) is 30.6 Å². The van der Waals surface area contributed by atoms with Gasteiger partial charge in [-0.05, 0) is 48.9 Å². The molecule has 0 aliphatic carbocycles. The summed E-state index contributed by atoms with van der Waals surface area (Å²) in [6, 6.07) is 15.2. The fourth-order valence-electron chi connectivity index (χ4n) is 2.39. The summed E-state index contributed by atoms with van der Waals surface area (Å²) in [5, 5.41) is 2.70. The minimum Gasteiger partial charge on any atom is -0.486 e. The first-order chi connectivity index (χ1) is 13.6. The first-order valence-electron chi connectivity index (χ1n) is 8.65. The summed E-state index contributed by atoms with van der Waals surface area (Å²) in [4.78, 5) is 27.9. The second kappa shape index (κ2) is 9.22. The Morgan fingerprint density at radius 3 is 2.54 bits per heavy atom. The van der Waals surface area contributed by atoms with Crippen LogP contribution in [0.25, 0.3) is 0 Å². The zero-order chi connectivity index (χ0) is 19.8. The van der Waals surface area contributed by atoms with Crippen LogP contribution in [0.2, 0.25) is 0 Å². The number of hydrogen-bond acceptors (Lipinski definition) is 5. The molecule has 1 aromatic carbocycles. The van der Waals surface area contributed by atoms with Crippen molar-refractivity contribution in [3.05, 3.63) is 84.1 Å². The fourth-order valence-corrected chi connectivity index (χ4v) is 2.39. The number of urea groups is 1. The van der Waals surface area contributed by atoms with Crippen LogP contribution in [0.4, 0.5) is 4.79 Å². The molecule has 3 aromatic rings. The molecule has 0 fully saturated rings. The SMILES string of the molecule is CC(NC(=O)NNC(=O)c1ccc(COc2ccccc2)o1)c1ccncc1. The van der Waals surface area contributed by atoms with Crippen LogP contribution in [0.1, 0.15) is 34.8 Å². The zero-order valence-corrected chi connectivity index (χ0v) is 15.2. The highest BCUT2D eigenvalue weighted by Gasteiger charge is 2.14. The summed E-state index contributed by atoms with van der Waals surface area (Å²) < 4.78 is 11.0. The van der Waals surface area contributed by atoms with Crippen molar-refractivity contribution < 1.29 is 18.7 Å². The average Bonchev–Trinajstić information content (AvgIpc) is 3.21. The number of nitrogens with zero attached hydrogens (tertiary/aromatic N) is 1. The molecular formula is C20H20N4O4. The van der Waals surface area contributed by atoms with Crippen LogP contribution in [0.3, 0.4) is 0 Å². The third-order valence-corrected chi connectivity index (χ3v) is 3.85. The van der Waals surface area contributed by atoms with Crippen molar-refractivity contribution in [2.24, 2.45) is 0 Å². The highest BCUT2D eigenvalue weighted by molar-refractivity contribution is 5.92. The molecule has 144 valence electrons. The van der Waals surface area contributed by atoms with E-state index in [1.807, 2.05) is 37.3 Å². The van der Waals surface area contributed by atoms with E-state index >= 15 is 0 Å². The lowest BCUT2D eigenvalue weighted by Gasteiger charge is -2.14. The number of hydrogen-bond donors (Lipinski definition) is 3. The van der Waals surface area contributed by atoms with E-state index in [2.05, 4.69) is 21.2 Å². The van der Waals surface area contributed by atoms with Gasteiger partial charge in [-0.1, -0.05) is 18.2 Å². The summed E-state index contributed by atoms with van der Waals surface area (Å²) in [7, 11) is 0. The molecule has 0 aliphatic heterocycles. The Labute approximate surface area is 161 Å². The Bertz CT molecular complexity index is 912. The van der Waals surface area contributed by atoms with Gasteiger partial charge in [-0.25, -0.2) is 10.2 Å². The van der Waals surface area contributed by atoms with E-state index in [4.69, 9.17) is 9.15 Å². The second-order valence-electron chi connectivity index (χ2n) is 5.92. The van der Waals surface area contributed by atoms with Crippen molar-refractivity contribution in [3.63, 3.8) is 0 Å². The van der Waals surface area contributed by atoms with Gasteiger partial charge in [0.1, 0.15) is 18.1 Å². The minimum atomic E-state index is -0.572. The van der Waals surface area contributed by atoms with E-state index in [1.165, 1.54) is 6.07 Å². The van der Waals surface area contributed by atoms with Gasteiger partial charge in [-0.3, -0.25) is 15.2 Å². The van der Waals surface area contributed by atoms with Crippen molar-refractivity contribution in [1.82, 2.24) is 21.2 Å². The standard InChI is InChI=1S/C20H20N4O4/c1-14(15-9-11-21-12-10-15)22-20(26)24-23-19(25)18-8-7-17(28-18)13-27-16-5-3-2-4-6-16/h2-12,14H,13H2,1H3,(H,23,25)(H2,22,24,26). The van der Waals surface area contributed by atoms with Crippen LogP contribution in [-0.2, 0) is 6.61 Å². The van der Waals surface area contributed by atoms with Crippen LogP contribution < -0.4 is 20.9 Å². The van der Waals surface area contributed by atoms with Gasteiger partial charge < -0.3 is 14.5 Å². The van der Waals surface area contributed by atoms with Crippen molar-refractivity contribution in [1.29, 1.82) is 0 Å². The van der Waals surface area contributed by atoms with Gasteiger partial charge in [-0.2, -0.15) is 0 Å². The first-order valence-corrected chi connectivity index (χ1v) is 8.65. The maximum atomic E-state index is 12.1. The number of hydrazine groups is 1. The summed E-state index contributed by atoms with van der Waals surface area (Å²) in [6.07, 6.45) is 3.28. The molecule has 0 aliphatic rings. The molecule has 8 heteroatoms. The lowest BCUT2D eigenvalue weighted by molar-refractivity contribution is 0.0904. The van der Waals surface area contributed by atoms with Gasteiger partial charge in [0.05, 0.1) is 6.04 Å². The van der Waals surface area contributed by atoms with Gasteiger partial charge in [0, 0.05) is 12.4 Å². The van der Waals surface area contributed by atoms with Gasteiger partial charge >= 0.3 is 11.9 Å². The molecule has 1 unspecified atom stereocenters. The molecule has 8 nitrogen and oxygen atoms in total. The Balaban J connectivity index is 1.44. The number of para-hydroxylation sites is 1. The quantitative estimate of drug-likeness (QED) is 0.570. The predicted octanol–water partition coefficient (Wildman–Crippen LogP) is 2.96. The van der Waals surface area contributed by atoms with E-state index in [0.717, 1.165) is 5.56 Å². The Morgan fingerprint density at radius 2 is 1.79 bits per heavy atom. The number of benzene rings is 1. The summed E-state index contributed by atoms with van der Waals surface area (Å²) >= 11 is 0. The summed E-state index contributed by atoms with van der Waals surface area (Å²) in [5.41, 5.74) is 5.48. The molecule has 3 N–H and O–H groups in total. The lowest BCUT2D eigenvalue weighted by Crippen LogP contribution is -2.47. The van der Waals surface area contributed by atoms with Crippen molar-refractivity contribution >= 4 is 11.9 Å². The Kier molecular flexibility index (Phi) is 6.25. The second-order valence-corrected chi connectivity index (χ2v) is 5.92. The van der Waals surface area contributed by atoms with E-state index < -0.39 is 11.9 Å². The Hall–Kier alpha value is -3.81. The molecule has 0 spiro atoms. The van der Waals surface area contributed by atoms with Crippen molar-refractivity contribution in [2.75, 3.05) is 0 Å². The molecular weight excluding hydrogens is 360 g/mol. The van der Waals surface area contributed by atoms with Crippen LogP contribution in [0.5, 0.6) is 5.75 Å². The Morgan fingerprint density at radius 1 is 1.04 bits per heavy atom. The van der Waals surface area contributed by atoms with Gasteiger partial charge in [0.15, 0.2) is 5.76 Å². The smallest absolute Gasteiger partial charge is 0.333 e. The molecule has 0 bridgehead atoms.